The lowest BCUT2D eigenvalue weighted by Crippen LogP contribution is -2.61. The summed E-state index contributed by atoms with van der Waals surface area (Å²) >= 11 is -2.31. The highest BCUT2D eigenvalue weighted by molar-refractivity contribution is 7.00. The van der Waals surface area contributed by atoms with E-state index in [1.54, 1.807) is 0 Å². The Morgan fingerprint density at radius 3 is 0.764 bits per heavy atom. The van der Waals surface area contributed by atoms with Crippen LogP contribution in [0, 0.1) is 0 Å². The van der Waals surface area contributed by atoms with Crippen molar-refractivity contribution in [3.63, 3.8) is 0 Å². The predicted octanol–water partition coefficient (Wildman–Crippen LogP) is 16.2. The van der Waals surface area contributed by atoms with Gasteiger partial charge in [0.2, 0.25) is 0 Å². The van der Waals surface area contributed by atoms with Crippen molar-refractivity contribution in [2.45, 2.75) is 0 Å². The van der Waals surface area contributed by atoms with Gasteiger partial charge in [-0.2, -0.15) is 0 Å². The SMILES string of the molecule is c1ccc(N(c2ccccc2)c2cc[c]3c(c2)N(c2ccccc2)c2cc(N(c4ccccc4)c4ccccc4)cc4[c]2[Al]3[c]2ccc(N(c3ccccc3)c3ccccc3)cc2N4c2ccccc2)cc1. The Bertz CT molecular complexity index is 3330. The molecule has 0 N–H and O–H groups in total. The van der Waals surface area contributed by atoms with Gasteiger partial charge in [-0.1, -0.05) is 171 Å². The molecule has 0 aliphatic carbocycles. The first-order valence-electron chi connectivity index (χ1n) is 24.6. The molecule has 2 aliphatic rings. The molecule has 0 atom stereocenters. The average molecular weight is 938 g/mol. The first kappa shape index (κ1) is 43.0. The summed E-state index contributed by atoms with van der Waals surface area (Å²) in [5.41, 5.74) is 16.8. The summed E-state index contributed by atoms with van der Waals surface area (Å²) in [7, 11) is 0. The third-order valence-electron chi connectivity index (χ3n) is 13.9. The molecule has 5 nitrogen and oxygen atoms in total. The van der Waals surface area contributed by atoms with Crippen molar-refractivity contribution in [1.82, 2.24) is 0 Å². The Labute approximate surface area is 426 Å². The highest BCUT2D eigenvalue weighted by atomic mass is 27.2. The Morgan fingerprint density at radius 1 is 0.222 bits per heavy atom. The molecule has 6 heteroatoms. The highest BCUT2D eigenvalue weighted by Gasteiger charge is 2.46. The predicted molar refractivity (Wildman–Crippen MR) is 305 cm³/mol. The van der Waals surface area contributed by atoms with E-state index in [1.807, 2.05) is 0 Å². The number of benzene rings is 11. The van der Waals surface area contributed by atoms with Crippen LogP contribution in [0.15, 0.2) is 291 Å². The number of rotatable bonds is 11. The van der Waals surface area contributed by atoms with Gasteiger partial charge >= 0.3 is 14.1 Å². The molecule has 340 valence electrons. The third kappa shape index (κ3) is 7.67. The van der Waals surface area contributed by atoms with E-state index in [0.29, 0.717) is 0 Å². The number of fused-ring (bicyclic) bond motifs is 4. The van der Waals surface area contributed by atoms with Gasteiger partial charge in [0.05, 0.1) is 5.69 Å². The van der Waals surface area contributed by atoms with Gasteiger partial charge in [-0.3, -0.25) is 0 Å². The molecular weight excluding hydrogens is 890 g/mol. The summed E-state index contributed by atoms with van der Waals surface area (Å²) in [6.07, 6.45) is 0. The second-order valence-corrected chi connectivity index (χ2v) is 20.9. The molecule has 0 radical (unpaired) electrons. The van der Waals surface area contributed by atoms with Gasteiger partial charge in [0.15, 0.2) is 0 Å². The molecule has 0 aromatic heterocycles. The number of para-hydroxylation sites is 8. The topological polar surface area (TPSA) is 16.2 Å². The van der Waals surface area contributed by atoms with E-state index < -0.39 is 14.1 Å². The lowest BCUT2D eigenvalue weighted by atomic mass is 10.1. The number of nitrogens with zero attached hydrogens (tertiary/aromatic N) is 5. The molecule has 0 fully saturated rings. The van der Waals surface area contributed by atoms with Gasteiger partial charge in [-0.25, -0.2) is 0 Å². The van der Waals surface area contributed by atoms with Crippen molar-refractivity contribution in [3.8, 4) is 0 Å². The van der Waals surface area contributed by atoms with Crippen LogP contribution in [0.4, 0.5) is 85.3 Å². The van der Waals surface area contributed by atoms with Crippen LogP contribution in [0.5, 0.6) is 0 Å². The van der Waals surface area contributed by atoms with E-state index in [4.69, 9.17) is 0 Å². The molecule has 2 heterocycles. The van der Waals surface area contributed by atoms with Gasteiger partial charge in [0.1, 0.15) is 0 Å². The smallest absolute Gasteiger partial charge is 0.313 e. The second kappa shape index (κ2) is 18.7. The molecular formula is C66H48AlN5. The van der Waals surface area contributed by atoms with Crippen molar-refractivity contribution < 1.29 is 0 Å². The fourth-order valence-electron chi connectivity index (χ4n) is 10.9. The molecule has 11 aromatic carbocycles. The molecule has 11 aromatic rings. The Hall–Kier alpha value is -9.05. The molecule has 2 aliphatic heterocycles. The van der Waals surface area contributed by atoms with Crippen molar-refractivity contribution in [3.05, 3.63) is 291 Å². The molecule has 72 heavy (non-hydrogen) atoms. The second-order valence-electron chi connectivity index (χ2n) is 18.2. The van der Waals surface area contributed by atoms with E-state index >= 15 is 0 Å². The lowest BCUT2D eigenvalue weighted by Gasteiger charge is -2.45. The van der Waals surface area contributed by atoms with Crippen molar-refractivity contribution in [1.29, 1.82) is 0 Å². The molecule has 0 amide bonds. The molecule has 0 unspecified atom stereocenters. The summed E-state index contributed by atoms with van der Waals surface area (Å²) in [5, 5.41) is 0. The number of hydrogen-bond acceptors (Lipinski definition) is 5. The number of anilines is 15. The Kier molecular flexibility index (Phi) is 11.2. The van der Waals surface area contributed by atoms with Gasteiger partial charge in [-0.05, 0) is 133 Å². The minimum atomic E-state index is -2.31. The maximum Gasteiger partial charge on any atom is 0.396 e. The highest BCUT2D eigenvalue weighted by Crippen LogP contribution is 2.50. The minimum absolute atomic E-state index is 1.07. The van der Waals surface area contributed by atoms with Gasteiger partial charge in [0, 0.05) is 79.6 Å². The summed E-state index contributed by atoms with van der Waals surface area (Å²) in [6.45, 7) is 0. The summed E-state index contributed by atoms with van der Waals surface area (Å²) in [6, 6.07) is 106. The summed E-state index contributed by atoms with van der Waals surface area (Å²) < 4.78 is 4.13. The molecule has 0 spiro atoms. The van der Waals surface area contributed by atoms with Crippen LogP contribution in [-0.4, -0.2) is 14.1 Å². The van der Waals surface area contributed by atoms with Gasteiger partial charge in [0.25, 0.3) is 0 Å². The van der Waals surface area contributed by atoms with Crippen LogP contribution in [0.3, 0.4) is 0 Å². The van der Waals surface area contributed by atoms with Crippen LogP contribution in [0.2, 0.25) is 0 Å². The minimum Gasteiger partial charge on any atom is -0.313 e. The van der Waals surface area contributed by atoms with E-state index in [0.717, 1.165) is 62.6 Å². The zero-order valence-corrected chi connectivity index (χ0v) is 40.7. The van der Waals surface area contributed by atoms with Crippen molar-refractivity contribution in [2.24, 2.45) is 0 Å². The maximum absolute atomic E-state index is 2.54. The summed E-state index contributed by atoms with van der Waals surface area (Å²) in [4.78, 5) is 12.3. The molecule has 0 saturated carbocycles. The van der Waals surface area contributed by atoms with E-state index in [2.05, 4.69) is 316 Å². The first-order chi connectivity index (χ1) is 35.8. The quantitative estimate of drug-likeness (QED) is 0.120. The van der Waals surface area contributed by atoms with E-state index in [9.17, 15) is 0 Å². The molecule has 0 bridgehead atoms. The monoisotopic (exact) mass is 937 g/mol. The normalized spacial score (nSPS) is 12.1. The molecule has 0 saturated heterocycles. The Morgan fingerprint density at radius 2 is 0.472 bits per heavy atom. The summed E-state index contributed by atoms with van der Waals surface area (Å²) in [5.74, 6) is 0. The zero-order valence-electron chi connectivity index (χ0n) is 39.5. The largest absolute Gasteiger partial charge is 0.396 e. The fourth-order valence-corrected chi connectivity index (χ4v) is 14.4. The van der Waals surface area contributed by atoms with E-state index in [-0.39, 0.29) is 0 Å². The van der Waals surface area contributed by atoms with Crippen LogP contribution in [0.25, 0.3) is 0 Å². The van der Waals surface area contributed by atoms with Crippen LogP contribution in [0.1, 0.15) is 0 Å². The zero-order chi connectivity index (χ0) is 47.8. The van der Waals surface area contributed by atoms with Crippen molar-refractivity contribution >= 4 is 113 Å². The van der Waals surface area contributed by atoms with Gasteiger partial charge in [-0.15, -0.1) is 0 Å². The van der Waals surface area contributed by atoms with Crippen LogP contribution < -0.4 is 37.8 Å². The van der Waals surface area contributed by atoms with E-state index in [1.165, 1.54) is 36.0 Å². The molecule has 13 rings (SSSR count). The van der Waals surface area contributed by atoms with Crippen LogP contribution >= 0.6 is 0 Å². The van der Waals surface area contributed by atoms with Gasteiger partial charge < -0.3 is 24.5 Å². The third-order valence-corrected chi connectivity index (χ3v) is 17.3. The number of hydrogen-bond donors (Lipinski definition) is 0. The fraction of sp³-hybridized carbons (Fsp3) is 0. The van der Waals surface area contributed by atoms with Crippen LogP contribution in [-0.2, 0) is 0 Å². The van der Waals surface area contributed by atoms with Crippen molar-refractivity contribution in [2.75, 3.05) is 24.5 Å². The standard InChI is InChI=1S/C66H48N5.Al/c1-9-27-52(28-10-1)67(53-29-11-2-12-30-53)60-43-25-45-62(47-60)70(58-39-21-7-22-40-58)65-49-64(69(56-35-17-5-18-36-56)57-37-19-6-20-38-57)50-66(51-65)71(59-41-23-8-24-42-59)63-46-26-44-61(48-63)68(54-31-13-3-14-32-54)55-33-15-4-16-34-55;/h1-44,47-50H;. The first-order valence-corrected chi connectivity index (χ1v) is 26.4. The average Bonchev–Trinajstić information content (AvgIpc) is 3.45. The Balaban J connectivity index is 1.13. The lowest BCUT2D eigenvalue weighted by molar-refractivity contribution is 1.21. The maximum atomic E-state index is 2.54.